The van der Waals surface area contributed by atoms with E-state index in [1.165, 1.54) is 24.8 Å². The number of benzene rings is 1. The van der Waals surface area contributed by atoms with Crippen molar-refractivity contribution >= 4 is 10.9 Å². The summed E-state index contributed by atoms with van der Waals surface area (Å²) >= 11 is 0. The number of nitrogens with zero attached hydrogens (tertiary/aromatic N) is 1. The van der Waals surface area contributed by atoms with E-state index in [4.69, 9.17) is 4.74 Å². The summed E-state index contributed by atoms with van der Waals surface area (Å²) in [6, 6.07) is 5.95. The average Bonchev–Trinajstić information content (AvgIpc) is 2.60. The maximum absolute atomic E-state index is 12.4. The summed E-state index contributed by atoms with van der Waals surface area (Å²) in [5.41, 5.74) is 1.64. The molecule has 0 aliphatic carbocycles. The molecular formula is C20H29NO3. The number of hydrogen-bond acceptors (Lipinski definition) is 3. The molecule has 0 aliphatic heterocycles. The first kappa shape index (κ1) is 18.4. The second kappa shape index (κ2) is 8.76. The Kier molecular flexibility index (Phi) is 6.71. The molecule has 0 radical (unpaired) electrons. The summed E-state index contributed by atoms with van der Waals surface area (Å²) in [5, 5.41) is 11.2. The summed E-state index contributed by atoms with van der Waals surface area (Å²) < 4.78 is 7.12. The summed E-state index contributed by atoms with van der Waals surface area (Å²) in [4.78, 5) is 12.4. The van der Waals surface area contributed by atoms with Gasteiger partial charge in [-0.05, 0) is 37.0 Å². The van der Waals surface area contributed by atoms with E-state index in [-0.39, 0.29) is 17.1 Å². The quantitative estimate of drug-likeness (QED) is 0.686. The third kappa shape index (κ3) is 4.11. The Bertz CT molecular complexity index is 734. The van der Waals surface area contributed by atoms with E-state index in [1.807, 2.05) is 18.2 Å². The lowest BCUT2D eigenvalue weighted by molar-refractivity contribution is 0.288. The van der Waals surface area contributed by atoms with Gasteiger partial charge in [0.15, 0.2) is 5.75 Å². The predicted molar refractivity (Wildman–Crippen MR) is 99.1 cm³/mol. The van der Waals surface area contributed by atoms with Crippen LogP contribution in [0.5, 0.6) is 11.5 Å². The number of fused-ring (bicyclic) bond motifs is 1. The minimum absolute atomic E-state index is 0.0281. The number of aromatic nitrogens is 1. The van der Waals surface area contributed by atoms with Gasteiger partial charge in [-0.3, -0.25) is 4.79 Å². The molecule has 0 saturated carbocycles. The Balaban J connectivity index is 2.33. The summed E-state index contributed by atoms with van der Waals surface area (Å²) in [6.45, 7) is 4.71. The molecule has 0 spiro atoms. The lowest BCUT2D eigenvalue weighted by Gasteiger charge is -2.13. The fourth-order valence-electron chi connectivity index (χ4n) is 2.91. The van der Waals surface area contributed by atoms with Gasteiger partial charge in [-0.15, -0.1) is 0 Å². The highest BCUT2D eigenvalue weighted by Gasteiger charge is 2.16. The molecule has 0 fully saturated rings. The highest BCUT2D eigenvalue weighted by molar-refractivity contribution is 5.88. The first-order valence-electron chi connectivity index (χ1n) is 9.07. The maximum atomic E-state index is 12.4. The summed E-state index contributed by atoms with van der Waals surface area (Å²) in [7, 11) is 1.72. The number of rotatable bonds is 9. The van der Waals surface area contributed by atoms with Crippen molar-refractivity contribution in [3.8, 4) is 11.5 Å². The Morgan fingerprint density at radius 2 is 1.83 bits per heavy atom. The van der Waals surface area contributed by atoms with Crippen molar-refractivity contribution in [2.45, 2.75) is 58.8 Å². The zero-order chi connectivity index (χ0) is 17.5. The number of unbranched alkanes of at least 4 members (excludes halogenated alkanes) is 4. The van der Waals surface area contributed by atoms with Gasteiger partial charge in [-0.1, -0.05) is 45.6 Å². The summed E-state index contributed by atoms with van der Waals surface area (Å²) in [5.74, 6) is 0.0428. The molecular weight excluding hydrogens is 302 g/mol. The van der Waals surface area contributed by atoms with E-state index in [1.54, 1.807) is 11.6 Å². The molecule has 2 aromatic rings. The standard InChI is InChI=1S/C20H29NO3/c1-4-6-8-9-10-15-11-12-17-16(14-15)18(22)19(20(23)21(17)3)24-13-7-5-2/h11-12,14,22H,4-10,13H2,1-3H3. The van der Waals surface area contributed by atoms with Gasteiger partial charge in [0.05, 0.1) is 12.1 Å². The number of hydrogen-bond donors (Lipinski definition) is 1. The zero-order valence-electron chi connectivity index (χ0n) is 15.1. The highest BCUT2D eigenvalue weighted by atomic mass is 16.5. The molecule has 0 bridgehead atoms. The molecule has 0 unspecified atom stereocenters. The normalized spacial score (nSPS) is 11.1. The van der Waals surface area contributed by atoms with Crippen LogP contribution >= 0.6 is 0 Å². The molecule has 4 heteroatoms. The van der Waals surface area contributed by atoms with Crippen LogP contribution in [0, 0.1) is 0 Å². The average molecular weight is 331 g/mol. The van der Waals surface area contributed by atoms with Crippen LogP contribution in [0.25, 0.3) is 10.9 Å². The second-order valence-corrected chi connectivity index (χ2v) is 6.41. The van der Waals surface area contributed by atoms with Gasteiger partial charge in [0.25, 0.3) is 5.56 Å². The van der Waals surface area contributed by atoms with Crippen molar-refractivity contribution in [2.75, 3.05) is 6.61 Å². The molecule has 0 aliphatic rings. The number of aromatic hydroxyl groups is 1. The van der Waals surface area contributed by atoms with Crippen molar-refractivity contribution in [3.05, 3.63) is 34.1 Å². The van der Waals surface area contributed by atoms with Crippen LogP contribution in [0.4, 0.5) is 0 Å². The Labute approximate surface area is 144 Å². The van der Waals surface area contributed by atoms with Crippen LogP contribution in [0.1, 0.15) is 57.9 Å². The van der Waals surface area contributed by atoms with Crippen LogP contribution in [0.15, 0.2) is 23.0 Å². The van der Waals surface area contributed by atoms with Crippen LogP contribution in [-0.4, -0.2) is 16.3 Å². The number of aryl methyl sites for hydroxylation is 2. The van der Waals surface area contributed by atoms with E-state index in [9.17, 15) is 9.90 Å². The molecule has 24 heavy (non-hydrogen) atoms. The maximum Gasteiger partial charge on any atom is 0.297 e. The monoisotopic (exact) mass is 331 g/mol. The molecule has 2 rings (SSSR count). The fourth-order valence-corrected chi connectivity index (χ4v) is 2.91. The van der Waals surface area contributed by atoms with E-state index in [2.05, 4.69) is 13.8 Å². The van der Waals surface area contributed by atoms with Crippen LogP contribution in [0.3, 0.4) is 0 Å². The lowest BCUT2D eigenvalue weighted by Crippen LogP contribution is -2.20. The van der Waals surface area contributed by atoms with Gasteiger partial charge in [-0.25, -0.2) is 0 Å². The van der Waals surface area contributed by atoms with Crippen molar-refractivity contribution in [1.29, 1.82) is 0 Å². The Morgan fingerprint density at radius 1 is 1.08 bits per heavy atom. The smallest absolute Gasteiger partial charge is 0.297 e. The zero-order valence-corrected chi connectivity index (χ0v) is 15.1. The largest absolute Gasteiger partial charge is 0.504 e. The first-order valence-corrected chi connectivity index (χ1v) is 9.07. The van der Waals surface area contributed by atoms with Gasteiger partial charge < -0.3 is 14.4 Å². The predicted octanol–water partition coefficient (Wildman–Crippen LogP) is 4.55. The third-order valence-electron chi connectivity index (χ3n) is 4.45. The van der Waals surface area contributed by atoms with Crippen molar-refractivity contribution in [1.82, 2.24) is 4.57 Å². The minimum atomic E-state index is -0.285. The molecule has 0 amide bonds. The Hall–Kier alpha value is -1.97. The van der Waals surface area contributed by atoms with Crippen LogP contribution in [0.2, 0.25) is 0 Å². The van der Waals surface area contributed by atoms with Crippen molar-refractivity contribution in [2.24, 2.45) is 7.05 Å². The molecule has 1 heterocycles. The van der Waals surface area contributed by atoms with Gasteiger partial charge in [-0.2, -0.15) is 0 Å². The molecule has 1 N–H and O–H groups in total. The van der Waals surface area contributed by atoms with Crippen LogP contribution < -0.4 is 10.3 Å². The SMILES string of the molecule is CCCCCCc1ccc2c(c1)c(O)c(OCCCC)c(=O)n2C. The molecule has 0 saturated heterocycles. The van der Waals surface area contributed by atoms with E-state index < -0.39 is 0 Å². The second-order valence-electron chi connectivity index (χ2n) is 6.41. The van der Waals surface area contributed by atoms with Crippen molar-refractivity contribution in [3.63, 3.8) is 0 Å². The molecule has 1 aromatic heterocycles. The third-order valence-corrected chi connectivity index (χ3v) is 4.45. The molecule has 4 nitrogen and oxygen atoms in total. The molecule has 1 aromatic carbocycles. The van der Waals surface area contributed by atoms with Gasteiger partial charge >= 0.3 is 0 Å². The molecule has 0 atom stereocenters. The topological polar surface area (TPSA) is 51.5 Å². The highest BCUT2D eigenvalue weighted by Crippen LogP contribution is 2.32. The molecule has 132 valence electrons. The van der Waals surface area contributed by atoms with E-state index >= 15 is 0 Å². The Morgan fingerprint density at radius 3 is 2.54 bits per heavy atom. The lowest BCUT2D eigenvalue weighted by atomic mass is 10.0. The minimum Gasteiger partial charge on any atom is -0.504 e. The van der Waals surface area contributed by atoms with Gasteiger partial charge in [0, 0.05) is 12.4 Å². The fraction of sp³-hybridized carbons (Fsp3) is 0.550. The number of pyridine rings is 1. The van der Waals surface area contributed by atoms with Gasteiger partial charge in [0.2, 0.25) is 5.75 Å². The van der Waals surface area contributed by atoms with E-state index in [0.717, 1.165) is 31.2 Å². The number of ether oxygens (including phenoxy) is 1. The van der Waals surface area contributed by atoms with E-state index in [0.29, 0.717) is 12.0 Å². The van der Waals surface area contributed by atoms with Gasteiger partial charge in [0.1, 0.15) is 0 Å². The summed E-state index contributed by atoms with van der Waals surface area (Å²) in [6.07, 6.45) is 7.67. The van der Waals surface area contributed by atoms with Crippen molar-refractivity contribution < 1.29 is 9.84 Å². The van der Waals surface area contributed by atoms with Crippen LogP contribution in [-0.2, 0) is 13.5 Å². The first-order chi connectivity index (χ1) is 11.6.